The van der Waals surface area contributed by atoms with Gasteiger partial charge >= 0.3 is 6.30 Å². The Labute approximate surface area is 194 Å². The number of benzene rings is 1. The summed E-state index contributed by atoms with van der Waals surface area (Å²) in [5.41, 5.74) is 2.23. The number of rotatable bonds is 9. The predicted octanol–water partition coefficient (Wildman–Crippen LogP) is 4.94. The molecule has 0 saturated heterocycles. The van der Waals surface area contributed by atoms with Gasteiger partial charge in [-0.15, -0.1) is 0 Å². The van der Waals surface area contributed by atoms with Gasteiger partial charge in [0.25, 0.3) is 0 Å². The fourth-order valence-corrected chi connectivity index (χ4v) is 3.34. The quantitative estimate of drug-likeness (QED) is 0.266. The fraction of sp³-hybridized carbons (Fsp3) is 0.217. The van der Waals surface area contributed by atoms with Crippen LogP contribution < -0.4 is 15.5 Å². The van der Waals surface area contributed by atoms with Gasteiger partial charge in [-0.1, -0.05) is 0 Å². The minimum atomic E-state index is -4.48. The van der Waals surface area contributed by atoms with Crippen molar-refractivity contribution in [2.75, 3.05) is 29.1 Å². The van der Waals surface area contributed by atoms with Crippen LogP contribution in [0.25, 0.3) is 11.3 Å². The van der Waals surface area contributed by atoms with Crippen LogP contribution in [0.15, 0.2) is 73.7 Å². The maximum Gasteiger partial charge on any atom is 0.482 e. The molecule has 0 amide bonds. The highest BCUT2D eigenvalue weighted by molar-refractivity contribution is 5.69. The third-order valence-corrected chi connectivity index (χ3v) is 5.05. The number of halogens is 3. The Kier molecular flexibility index (Phi) is 6.90. The number of nitrogens with one attached hydrogen (secondary N) is 2. The Bertz CT molecular complexity index is 1190. The van der Waals surface area contributed by atoms with E-state index in [2.05, 4.69) is 25.3 Å². The average Bonchev–Trinajstić information content (AvgIpc) is 3.35. The van der Waals surface area contributed by atoms with Crippen molar-refractivity contribution in [2.45, 2.75) is 19.3 Å². The molecule has 34 heavy (non-hydrogen) atoms. The molecule has 1 aromatic carbocycles. The van der Waals surface area contributed by atoms with E-state index >= 15 is 0 Å². The number of imidazole rings is 1. The lowest BCUT2D eigenvalue weighted by molar-refractivity contribution is -0.0999. The summed E-state index contributed by atoms with van der Waals surface area (Å²) in [5.74, 6) is 1.34. The average molecular weight is 468 g/mol. The lowest BCUT2D eigenvalue weighted by Gasteiger charge is -2.19. The van der Waals surface area contributed by atoms with Gasteiger partial charge < -0.3 is 14.8 Å². The van der Waals surface area contributed by atoms with E-state index in [0.717, 1.165) is 30.9 Å². The van der Waals surface area contributed by atoms with Gasteiger partial charge in [0, 0.05) is 61.7 Å². The van der Waals surface area contributed by atoms with Crippen molar-refractivity contribution in [3.05, 3.63) is 73.7 Å². The normalized spacial score (nSPS) is 11.3. The lowest BCUT2D eigenvalue weighted by atomic mass is 10.1. The van der Waals surface area contributed by atoms with Crippen molar-refractivity contribution in [2.24, 2.45) is 0 Å². The zero-order valence-corrected chi connectivity index (χ0v) is 18.4. The van der Waals surface area contributed by atoms with Gasteiger partial charge in [-0.2, -0.15) is 13.2 Å². The van der Waals surface area contributed by atoms with Gasteiger partial charge in [-0.3, -0.25) is 5.32 Å². The first kappa shape index (κ1) is 23.0. The van der Waals surface area contributed by atoms with Crippen LogP contribution in [0, 0.1) is 0 Å². The molecule has 0 aliphatic heterocycles. The molecule has 11 heteroatoms. The standard InChI is InChI=1S/C23H23F3N8/c1-33(19-5-3-18(4-6-19)32-23(24,25)26)22-14-20(30-15-31-22)17-7-9-29-21(13-17)28-8-2-11-34-12-10-27-16-34/h3-7,9-10,12-16,32H,2,8,11H2,1H3,(H,28,29). The number of pyridine rings is 1. The highest BCUT2D eigenvalue weighted by Gasteiger charge is 2.26. The largest absolute Gasteiger partial charge is 0.482 e. The number of hydrogen-bond donors (Lipinski definition) is 2. The monoisotopic (exact) mass is 468 g/mol. The van der Waals surface area contributed by atoms with E-state index < -0.39 is 6.30 Å². The van der Waals surface area contributed by atoms with Crippen LogP contribution in [0.2, 0.25) is 0 Å². The Morgan fingerprint density at radius 3 is 2.56 bits per heavy atom. The van der Waals surface area contributed by atoms with Gasteiger partial charge in [0.15, 0.2) is 0 Å². The third-order valence-electron chi connectivity index (χ3n) is 5.05. The highest BCUT2D eigenvalue weighted by atomic mass is 19.4. The van der Waals surface area contributed by atoms with Crippen molar-refractivity contribution in [3.8, 4) is 11.3 Å². The van der Waals surface area contributed by atoms with Gasteiger partial charge in [-0.05, 0) is 42.8 Å². The third kappa shape index (κ3) is 6.21. The molecule has 0 radical (unpaired) electrons. The first-order valence-electron chi connectivity index (χ1n) is 10.5. The molecular formula is C23H23F3N8. The summed E-state index contributed by atoms with van der Waals surface area (Å²) in [6, 6.07) is 11.5. The zero-order valence-electron chi connectivity index (χ0n) is 18.4. The topological polar surface area (TPSA) is 83.8 Å². The second-order valence-electron chi connectivity index (χ2n) is 7.50. The molecule has 0 spiro atoms. The molecule has 0 aliphatic carbocycles. The van der Waals surface area contributed by atoms with Crippen LogP contribution in [0.5, 0.6) is 0 Å². The molecular weight excluding hydrogens is 445 g/mol. The molecule has 2 N–H and O–H groups in total. The van der Waals surface area contributed by atoms with Crippen LogP contribution in [-0.2, 0) is 6.54 Å². The second-order valence-corrected chi connectivity index (χ2v) is 7.50. The number of anilines is 4. The summed E-state index contributed by atoms with van der Waals surface area (Å²) in [7, 11) is 1.79. The molecule has 176 valence electrons. The van der Waals surface area contributed by atoms with E-state index in [1.165, 1.54) is 23.8 Å². The number of hydrogen-bond acceptors (Lipinski definition) is 7. The number of alkyl halides is 3. The van der Waals surface area contributed by atoms with E-state index in [1.807, 2.05) is 29.0 Å². The first-order valence-corrected chi connectivity index (χ1v) is 10.5. The summed E-state index contributed by atoms with van der Waals surface area (Å²) < 4.78 is 39.5. The summed E-state index contributed by atoms with van der Waals surface area (Å²) >= 11 is 0. The molecule has 0 atom stereocenters. The van der Waals surface area contributed by atoms with Crippen molar-refractivity contribution in [1.82, 2.24) is 24.5 Å². The molecule has 3 heterocycles. The molecule has 0 saturated carbocycles. The molecule has 3 aromatic heterocycles. The van der Waals surface area contributed by atoms with Crippen LogP contribution in [-0.4, -0.2) is 44.4 Å². The molecule has 0 aliphatic rings. The van der Waals surface area contributed by atoms with Crippen LogP contribution in [0.3, 0.4) is 0 Å². The highest BCUT2D eigenvalue weighted by Crippen LogP contribution is 2.28. The number of nitrogens with zero attached hydrogens (tertiary/aromatic N) is 6. The smallest absolute Gasteiger partial charge is 0.370 e. The fourth-order valence-electron chi connectivity index (χ4n) is 3.34. The van der Waals surface area contributed by atoms with Gasteiger partial charge in [-0.25, -0.2) is 19.9 Å². The van der Waals surface area contributed by atoms with E-state index in [0.29, 0.717) is 17.2 Å². The van der Waals surface area contributed by atoms with Crippen molar-refractivity contribution in [3.63, 3.8) is 0 Å². The Morgan fingerprint density at radius 1 is 1.00 bits per heavy atom. The van der Waals surface area contributed by atoms with E-state index in [1.54, 1.807) is 42.8 Å². The van der Waals surface area contributed by atoms with E-state index in [4.69, 9.17) is 0 Å². The molecule has 8 nitrogen and oxygen atoms in total. The van der Waals surface area contributed by atoms with Crippen LogP contribution in [0.1, 0.15) is 6.42 Å². The van der Waals surface area contributed by atoms with Crippen LogP contribution >= 0.6 is 0 Å². The molecule has 0 fully saturated rings. The van der Waals surface area contributed by atoms with Crippen molar-refractivity contribution >= 4 is 23.0 Å². The van der Waals surface area contributed by atoms with Crippen molar-refractivity contribution in [1.29, 1.82) is 0 Å². The van der Waals surface area contributed by atoms with E-state index in [-0.39, 0.29) is 5.69 Å². The minimum Gasteiger partial charge on any atom is -0.370 e. The Hall–Kier alpha value is -4.15. The minimum absolute atomic E-state index is 0.0325. The second kappa shape index (κ2) is 10.2. The SMILES string of the molecule is CN(c1ccc(NC(F)(F)F)cc1)c1cc(-c2ccnc(NCCCn3ccnc3)c2)ncn1. The molecule has 0 bridgehead atoms. The Morgan fingerprint density at radius 2 is 1.82 bits per heavy atom. The predicted molar refractivity (Wildman–Crippen MR) is 125 cm³/mol. The summed E-state index contributed by atoms with van der Waals surface area (Å²) in [6.07, 6.45) is 5.08. The van der Waals surface area contributed by atoms with Crippen LogP contribution in [0.4, 0.5) is 36.2 Å². The molecule has 0 unspecified atom stereocenters. The summed E-state index contributed by atoms with van der Waals surface area (Å²) in [5, 5.41) is 4.81. The van der Waals surface area contributed by atoms with E-state index in [9.17, 15) is 13.2 Å². The Balaban J connectivity index is 1.42. The lowest BCUT2D eigenvalue weighted by Crippen LogP contribution is -2.20. The number of aryl methyl sites for hydroxylation is 1. The summed E-state index contributed by atoms with van der Waals surface area (Å²) in [4.78, 5) is 18.9. The molecule has 4 aromatic rings. The summed E-state index contributed by atoms with van der Waals surface area (Å²) in [6.45, 7) is 1.62. The van der Waals surface area contributed by atoms with Gasteiger partial charge in [0.1, 0.15) is 18.0 Å². The number of aromatic nitrogens is 5. The molecule has 4 rings (SSSR count). The zero-order chi connectivity index (χ0) is 24.0. The van der Waals surface area contributed by atoms with Gasteiger partial charge in [0.2, 0.25) is 0 Å². The van der Waals surface area contributed by atoms with Crippen molar-refractivity contribution < 1.29 is 13.2 Å². The first-order chi connectivity index (χ1) is 16.4. The maximum atomic E-state index is 12.5. The van der Waals surface area contributed by atoms with Gasteiger partial charge in [0.05, 0.1) is 12.0 Å². The maximum absolute atomic E-state index is 12.5.